The Labute approximate surface area is 394 Å². The van der Waals surface area contributed by atoms with Crippen molar-refractivity contribution in [3.05, 3.63) is 0 Å². The van der Waals surface area contributed by atoms with Gasteiger partial charge in [0.05, 0.1) is 0 Å². The minimum absolute atomic E-state index is 0.136. The van der Waals surface area contributed by atoms with Crippen molar-refractivity contribution in [1.29, 1.82) is 0 Å². The van der Waals surface area contributed by atoms with Crippen molar-refractivity contribution in [3.8, 4) is 0 Å². The van der Waals surface area contributed by atoms with Gasteiger partial charge >= 0.3 is 0 Å². The fraction of sp³-hybridized carbons (Fsp3) is 1.00. The predicted octanol–water partition coefficient (Wildman–Crippen LogP) is 21.5. The minimum atomic E-state index is -1.09. The van der Waals surface area contributed by atoms with Gasteiger partial charge in [0.2, 0.25) is 0 Å². The van der Waals surface area contributed by atoms with Gasteiger partial charge in [-0.1, -0.05) is 183 Å². The van der Waals surface area contributed by atoms with Crippen molar-refractivity contribution in [2.75, 3.05) is 0 Å². The van der Waals surface area contributed by atoms with Crippen molar-refractivity contribution in [1.82, 2.24) is 0 Å². The Hall–Kier alpha value is -0.350. The average molecular weight is 910 g/mol. The third kappa shape index (κ3) is 21.2. The topological polar surface area (TPSA) is 0 Å². The van der Waals surface area contributed by atoms with Crippen LogP contribution < -0.4 is 0 Å². The molecule has 0 heterocycles. The lowest BCUT2D eigenvalue weighted by Crippen LogP contribution is -2.51. The van der Waals surface area contributed by atoms with E-state index in [9.17, 15) is 13.2 Å². The van der Waals surface area contributed by atoms with E-state index in [1.54, 1.807) is 20.8 Å². The number of hydrogen-bond donors (Lipinski definition) is 0. The molecule has 0 nitrogen and oxygen atoms in total. The summed E-state index contributed by atoms with van der Waals surface area (Å²) in [4.78, 5) is 0. The van der Waals surface area contributed by atoms with Gasteiger partial charge in [-0.05, 0) is 152 Å². The summed E-state index contributed by atoms with van der Waals surface area (Å²) in [6, 6.07) is 0. The molecule has 0 aliphatic heterocycles. The Morgan fingerprint density at radius 2 is 0.651 bits per heavy atom. The highest BCUT2D eigenvalue weighted by molar-refractivity contribution is 5.02. The molecule has 0 bridgehead atoms. The lowest BCUT2D eigenvalue weighted by Gasteiger charge is -2.51. The molecule has 2 saturated carbocycles. The standard InChI is InChI=1S/C16H33F.C14H29F.C12H25F.C9H17F.C7H13F/c1-10(2)14(11(3)4)16(9,17)15(12(5)6)13(7)8;1-8-12(5,9-2)14(7,15)13(6,10-3)11-4;1-6-10(7-2)12(5,13)11(8-3)9-4;1-8(2)4-6-9(3,10)7-5-8;1-7(8)5-3-2-4-6-7/h10-15H,1-9H3;8-11H2,1-7H3;10-11H,6-9H2,1-5H3;4-7H2,1-3H3;2-6H2,1H3. The summed E-state index contributed by atoms with van der Waals surface area (Å²) in [7, 11) is 0. The largest absolute Gasteiger partial charge is 0.244 e. The summed E-state index contributed by atoms with van der Waals surface area (Å²) in [6.07, 6.45) is 16.0. The molecule has 384 valence electrons. The quantitative estimate of drug-likeness (QED) is 0.120. The summed E-state index contributed by atoms with van der Waals surface area (Å²) >= 11 is 0. The molecule has 0 aromatic heterocycles. The lowest BCUT2D eigenvalue weighted by atomic mass is 9.57. The summed E-state index contributed by atoms with van der Waals surface area (Å²) in [6.45, 7) is 51.5. The average Bonchev–Trinajstić information content (AvgIpc) is 3.16. The van der Waals surface area contributed by atoms with Crippen molar-refractivity contribution in [2.24, 2.45) is 63.6 Å². The first-order valence-corrected chi connectivity index (χ1v) is 26.9. The molecular formula is C58H117F5. The second kappa shape index (κ2) is 28.9. The summed E-state index contributed by atoms with van der Waals surface area (Å²) in [5, 5.41) is 0. The van der Waals surface area contributed by atoms with Gasteiger partial charge in [-0.25, -0.2) is 22.0 Å². The zero-order chi connectivity index (χ0) is 50.6. The first kappa shape index (κ1) is 66.9. The fourth-order valence-electron chi connectivity index (χ4n) is 12.2. The lowest BCUT2D eigenvalue weighted by molar-refractivity contribution is -0.0946. The Balaban J connectivity index is -0.000000728. The number of hydrogen-bond acceptors (Lipinski definition) is 0. The third-order valence-corrected chi connectivity index (χ3v) is 17.7. The maximum atomic E-state index is 15.4. The van der Waals surface area contributed by atoms with Crippen LogP contribution in [0.1, 0.15) is 282 Å². The highest BCUT2D eigenvalue weighted by atomic mass is 19.2. The Kier molecular flexibility index (Phi) is 30.7. The molecule has 0 radical (unpaired) electrons. The van der Waals surface area contributed by atoms with Crippen molar-refractivity contribution in [2.45, 2.75) is 311 Å². The van der Waals surface area contributed by atoms with Gasteiger partial charge in [-0.3, -0.25) is 0 Å². The van der Waals surface area contributed by atoms with Crippen LogP contribution in [0.5, 0.6) is 0 Å². The normalized spacial score (nSPS) is 18.2. The van der Waals surface area contributed by atoms with E-state index >= 15 is 8.78 Å². The van der Waals surface area contributed by atoms with Crippen LogP contribution in [0.4, 0.5) is 22.0 Å². The van der Waals surface area contributed by atoms with E-state index in [4.69, 9.17) is 0 Å². The Morgan fingerprint density at radius 1 is 0.397 bits per heavy atom. The van der Waals surface area contributed by atoms with E-state index in [2.05, 4.69) is 138 Å². The highest BCUT2D eigenvalue weighted by Crippen LogP contribution is 2.54. The maximum Gasteiger partial charge on any atom is 0.118 e. The van der Waals surface area contributed by atoms with Gasteiger partial charge in [0.15, 0.2) is 0 Å². The number of rotatable bonds is 18. The van der Waals surface area contributed by atoms with E-state index in [0.29, 0.717) is 29.1 Å². The second-order valence-electron chi connectivity index (χ2n) is 24.4. The Bertz CT molecular complexity index is 1020. The molecule has 0 aromatic carbocycles. The monoisotopic (exact) mass is 909 g/mol. The van der Waals surface area contributed by atoms with E-state index in [-0.39, 0.29) is 34.5 Å². The fourth-order valence-corrected chi connectivity index (χ4v) is 12.2. The zero-order valence-corrected chi connectivity index (χ0v) is 47.5. The van der Waals surface area contributed by atoms with Gasteiger partial charge in [0, 0.05) is 10.8 Å². The second-order valence-corrected chi connectivity index (χ2v) is 24.4. The molecule has 0 spiro atoms. The van der Waals surface area contributed by atoms with Gasteiger partial charge < -0.3 is 0 Å². The van der Waals surface area contributed by atoms with Crippen LogP contribution in [0.3, 0.4) is 0 Å². The molecule has 0 amide bonds. The molecule has 5 heteroatoms. The third-order valence-electron chi connectivity index (χ3n) is 17.7. The molecule has 2 fully saturated rings. The molecule has 2 aliphatic rings. The highest BCUT2D eigenvalue weighted by Gasteiger charge is 2.53. The molecule has 0 aromatic rings. The van der Waals surface area contributed by atoms with E-state index in [1.165, 1.54) is 6.42 Å². The van der Waals surface area contributed by atoms with E-state index in [1.807, 2.05) is 13.8 Å². The number of halogens is 5. The Morgan fingerprint density at radius 3 is 0.825 bits per heavy atom. The van der Waals surface area contributed by atoms with Gasteiger partial charge in [-0.15, -0.1) is 0 Å². The summed E-state index contributed by atoms with van der Waals surface area (Å²) in [5.74, 6) is 2.31. The van der Waals surface area contributed by atoms with Gasteiger partial charge in [0.25, 0.3) is 0 Å². The van der Waals surface area contributed by atoms with Crippen LogP contribution in [-0.2, 0) is 0 Å². The number of alkyl halides is 5. The van der Waals surface area contributed by atoms with Gasteiger partial charge in [0.1, 0.15) is 28.3 Å². The summed E-state index contributed by atoms with van der Waals surface area (Å²) < 4.78 is 71.1. The molecule has 0 saturated heterocycles. The van der Waals surface area contributed by atoms with Crippen LogP contribution in [0.25, 0.3) is 0 Å². The maximum absolute atomic E-state index is 15.4. The first-order valence-electron chi connectivity index (χ1n) is 26.9. The molecule has 63 heavy (non-hydrogen) atoms. The van der Waals surface area contributed by atoms with E-state index < -0.39 is 28.3 Å². The van der Waals surface area contributed by atoms with Crippen molar-refractivity contribution < 1.29 is 22.0 Å². The molecule has 0 atom stereocenters. The minimum Gasteiger partial charge on any atom is -0.244 e. The molecular weight excluding hydrogens is 792 g/mol. The van der Waals surface area contributed by atoms with Crippen molar-refractivity contribution >= 4 is 0 Å². The zero-order valence-electron chi connectivity index (χ0n) is 47.5. The molecule has 2 rings (SSSR count). The summed E-state index contributed by atoms with van der Waals surface area (Å²) in [5.41, 5.74) is -4.83. The van der Waals surface area contributed by atoms with Crippen LogP contribution in [0, 0.1) is 63.6 Å². The molecule has 2 aliphatic carbocycles. The molecule has 0 unspecified atom stereocenters. The molecule has 0 N–H and O–H groups in total. The first-order chi connectivity index (χ1) is 28.4. The van der Waals surface area contributed by atoms with Crippen LogP contribution in [-0.4, -0.2) is 28.3 Å². The smallest absolute Gasteiger partial charge is 0.118 e. The van der Waals surface area contributed by atoms with Crippen molar-refractivity contribution in [3.63, 3.8) is 0 Å². The van der Waals surface area contributed by atoms with Gasteiger partial charge in [-0.2, -0.15) is 0 Å². The SMILES string of the molecule is CC(C)C(C(C)C)C(C)(F)C(C(C)C)C(C)C.CC1(C)CCC(C)(F)CC1.CC1(F)CCCCC1.CCC(C)(CC)C(C)(F)C(C)(CC)CC.CCC(CC)C(C)(F)C(CC)CC. The van der Waals surface area contributed by atoms with Crippen LogP contribution in [0.2, 0.25) is 0 Å². The predicted molar refractivity (Wildman–Crippen MR) is 275 cm³/mol. The van der Waals surface area contributed by atoms with Crippen LogP contribution >= 0.6 is 0 Å². The van der Waals surface area contributed by atoms with E-state index in [0.717, 1.165) is 103 Å². The van der Waals surface area contributed by atoms with Crippen LogP contribution in [0.15, 0.2) is 0 Å².